The van der Waals surface area contributed by atoms with Gasteiger partial charge in [-0.2, -0.15) is 5.11 Å². The van der Waals surface area contributed by atoms with Crippen LogP contribution < -0.4 is 4.90 Å². The van der Waals surface area contributed by atoms with Crippen molar-refractivity contribution in [2.24, 2.45) is 10.2 Å². The second-order valence-corrected chi connectivity index (χ2v) is 8.59. The summed E-state index contributed by atoms with van der Waals surface area (Å²) >= 11 is 6.05. The zero-order valence-corrected chi connectivity index (χ0v) is 19.1. The molecule has 1 aliphatic heterocycles. The summed E-state index contributed by atoms with van der Waals surface area (Å²) in [6.07, 6.45) is 0. The lowest BCUT2D eigenvalue weighted by Crippen LogP contribution is -3.12. The smallest absolute Gasteiger partial charge is 0.121 e. The highest BCUT2D eigenvalue weighted by Gasteiger charge is 2.25. The summed E-state index contributed by atoms with van der Waals surface area (Å²) in [5.74, 6) is 0. The lowest BCUT2D eigenvalue weighted by molar-refractivity contribution is -0.921. The van der Waals surface area contributed by atoms with Crippen molar-refractivity contribution in [1.82, 2.24) is 4.98 Å². The topological polar surface area (TPSA) is 54.2 Å². The Balaban J connectivity index is 1.65. The highest BCUT2D eigenvalue weighted by molar-refractivity contribution is 6.30. The van der Waals surface area contributed by atoms with Crippen LogP contribution in [0, 0.1) is 0 Å². The summed E-state index contributed by atoms with van der Waals surface area (Å²) in [5.41, 5.74) is 7.13. The maximum atomic E-state index is 6.05. The predicted molar refractivity (Wildman–Crippen MR) is 133 cm³/mol. The van der Waals surface area contributed by atoms with Gasteiger partial charge in [0.2, 0.25) is 0 Å². The number of halogens is 1. The van der Waals surface area contributed by atoms with Crippen LogP contribution in [-0.4, -0.2) is 31.3 Å². The molecule has 0 bridgehead atoms. The van der Waals surface area contributed by atoms with Gasteiger partial charge in [0, 0.05) is 10.6 Å². The van der Waals surface area contributed by atoms with Crippen molar-refractivity contribution < 1.29 is 9.64 Å². The molecular weight excluding hydrogens is 432 g/mol. The van der Waals surface area contributed by atoms with Crippen molar-refractivity contribution in [3.8, 4) is 22.5 Å². The van der Waals surface area contributed by atoms with E-state index in [-0.39, 0.29) is 0 Å². The Hall–Kier alpha value is -3.25. The van der Waals surface area contributed by atoms with E-state index in [0.29, 0.717) is 5.02 Å². The van der Waals surface area contributed by atoms with Crippen LogP contribution in [0.25, 0.3) is 22.5 Å². The van der Waals surface area contributed by atoms with Gasteiger partial charge >= 0.3 is 0 Å². The maximum absolute atomic E-state index is 6.05. The Labute approximate surface area is 198 Å². The lowest BCUT2D eigenvalue weighted by Gasteiger charge is -2.24. The van der Waals surface area contributed by atoms with Crippen molar-refractivity contribution in [3.05, 3.63) is 95.5 Å². The number of nitrogens with zero attached hydrogens (tertiary/aromatic N) is 2. The predicted octanol–water partition coefficient (Wildman–Crippen LogP) is 5.83. The zero-order valence-electron chi connectivity index (χ0n) is 18.3. The fourth-order valence-electron chi connectivity index (χ4n) is 4.18. The van der Waals surface area contributed by atoms with Crippen LogP contribution >= 0.6 is 11.6 Å². The van der Waals surface area contributed by atoms with Crippen LogP contribution in [0.1, 0.15) is 5.56 Å². The highest BCUT2D eigenvalue weighted by atomic mass is 35.5. The molecular formula is C27H26ClN4O+. The van der Waals surface area contributed by atoms with Gasteiger partial charge in [-0.25, -0.2) is 0 Å². The van der Waals surface area contributed by atoms with Gasteiger partial charge in [0.05, 0.1) is 35.9 Å². The van der Waals surface area contributed by atoms with E-state index >= 15 is 0 Å². The number of rotatable bonds is 6. The molecule has 5 rings (SSSR count). The Bertz CT molecular complexity index is 1210. The number of benzene rings is 3. The summed E-state index contributed by atoms with van der Waals surface area (Å²) in [6.45, 7) is 4.38. The fourth-order valence-corrected chi connectivity index (χ4v) is 4.30. The minimum atomic E-state index is 0.684. The maximum Gasteiger partial charge on any atom is 0.121 e. The van der Waals surface area contributed by atoms with Gasteiger partial charge in [-0.3, -0.25) is 0 Å². The number of morpholine rings is 1. The normalized spacial score (nSPS) is 14.7. The summed E-state index contributed by atoms with van der Waals surface area (Å²) in [7, 11) is 0. The molecule has 0 amide bonds. The Morgan fingerprint density at radius 2 is 1.36 bits per heavy atom. The number of azo groups is 1. The standard InChI is InChI=1S/C27H25ClN4O/c28-22-11-13-23(14-12-22)30-31-27-24(19-32-15-17-33-18-16-32)25(20-7-3-1-4-8-20)29-26(27)21-9-5-2-6-10-21/h1-14,29H,15-19H2/p+1. The molecule has 1 aromatic heterocycles. The molecule has 166 valence electrons. The summed E-state index contributed by atoms with van der Waals surface area (Å²) in [5, 5.41) is 10.1. The third-order valence-electron chi connectivity index (χ3n) is 5.92. The minimum absolute atomic E-state index is 0.684. The van der Waals surface area contributed by atoms with E-state index in [0.717, 1.165) is 66.7 Å². The van der Waals surface area contributed by atoms with Crippen LogP contribution in [0.15, 0.2) is 95.2 Å². The van der Waals surface area contributed by atoms with Gasteiger partial charge in [0.25, 0.3) is 0 Å². The molecule has 3 aromatic carbocycles. The van der Waals surface area contributed by atoms with Gasteiger partial charge in [0.1, 0.15) is 25.3 Å². The van der Waals surface area contributed by atoms with Crippen LogP contribution in [-0.2, 0) is 11.3 Å². The van der Waals surface area contributed by atoms with Gasteiger partial charge < -0.3 is 14.6 Å². The van der Waals surface area contributed by atoms with Crippen LogP contribution in [0.3, 0.4) is 0 Å². The molecule has 0 unspecified atom stereocenters. The molecule has 4 aromatic rings. The zero-order chi connectivity index (χ0) is 22.5. The first kappa shape index (κ1) is 21.6. The van der Waals surface area contributed by atoms with Crippen molar-refractivity contribution >= 4 is 23.0 Å². The van der Waals surface area contributed by atoms with Crippen LogP contribution in [0.5, 0.6) is 0 Å². The molecule has 1 saturated heterocycles. The molecule has 2 N–H and O–H groups in total. The number of ether oxygens (including phenoxy) is 1. The Kier molecular flexibility index (Phi) is 6.63. The quantitative estimate of drug-likeness (QED) is 0.351. The van der Waals surface area contributed by atoms with E-state index < -0.39 is 0 Å². The molecule has 0 radical (unpaired) electrons. The average molecular weight is 458 g/mol. The first-order valence-electron chi connectivity index (χ1n) is 11.2. The average Bonchev–Trinajstić information content (AvgIpc) is 3.23. The molecule has 1 aliphatic rings. The van der Waals surface area contributed by atoms with Crippen molar-refractivity contribution in [1.29, 1.82) is 0 Å². The number of nitrogens with one attached hydrogen (secondary N) is 2. The first-order chi connectivity index (χ1) is 16.3. The van der Waals surface area contributed by atoms with Gasteiger partial charge in [0.15, 0.2) is 0 Å². The number of aromatic amines is 1. The fraction of sp³-hybridized carbons (Fsp3) is 0.185. The SMILES string of the molecule is Clc1ccc(N=Nc2c(-c3ccccc3)[nH]c(-c3ccccc3)c2C[NH+]2CCOCC2)cc1. The van der Waals surface area contributed by atoms with E-state index in [1.165, 1.54) is 10.5 Å². The van der Waals surface area contributed by atoms with Crippen molar-refractivity contribution in [3.63, 3.8) is 0 Å². The van der Waals surface area contributed by atoms with Gasteiger partial charge in [-0.1, -0.05) is 72.3 Å². The molecule has 0 aliphatic carbocycles. The second-order valence-electron chi connectivity index (χ2n) is 8.15. The molecule has 33 heavy (non-hydrogen) atoms. The van der Waals surface area contributed by atoms with Crippen LogP contribution in [0.2, 0.25) is 5.02 Å². The Morgan fingerprint density at radius 1 is 0.758 bits per heavy atom. The largest absolute Gasteiger partial charge is 0.370 e. The minimum Gasteiger partial charge on any atom is -0.370 e. The third kappa shape index (κ3) is 5.06. The van der Waals surface area contributed by atoms with E-state index in [1.54, 1.807) is 0 Å². The van der Waals surface area contributed by atoms with E-state index in [2.05, 4.69) is 46.5 Å². The number of aromatic nitrogens is 1. The molecule has 6 heteroatoms. The van der Waals surface area contributed by atoms with E-state index in [1.807, 2.05) is 48.5 Å². The summed E-state index contributed by atoms with van der Waals surface area (Å²) in [4.78, 5) is 5.18. The lowest BCUT2D eigenvalue weighted by atomic mass is 10.0. The second kappa shape index (κ2) is 10.1. The van der Waals surface area contributed by atoms with Crippen molar-refractivity contribution in [2.45, 2.75) is 6.54 Å². The molecule has 0 saturated carbocycles. The number of H-pyrrole nitrogens is 1. The van der Waals surface area contributed by atoms with Gasteiger partial charge in [-0.05, 0) is 29.8 Å². The number of hydrogen-bond acceptors (Lipinski definition) is 3. The highest BCUT2D eigenvalue weighted by Crippen LogP contribution is 2.40. The molecule has 5 nitrogen and oxygen atoms in total. The van der Waals surface area contributed by atoms with E-state index in [4.69, 9.17) is 21.5 Å². The summed E-state index contributed by atoms with van der Waals surface area (Å²) < 4.78 is 5.59. The van der Waals surface area contributed by atoms with Crippen molar-refractivity contribution in [2.75, 3.05) is 26.3 Å². The van der Waals surface area contributed by atoms with Crippen LogP contribution in [0.4, 0.5) is 11.4 Å². The monoisotopic (exact) mass is 457 g/mol. The third-order valence-corrected chi connectivity index (χ3v) is 6.17. The number of hydrogen-bond donors (Lipinski definition) is 2. The molecule has 0 atom stereocenters. The first-order valence-corrected chi connectivity index (χ1v) is 11.6. The van der Waals surface area contributed by atoms with Gasteiger partial charge in [-0.15, -0.1) is 5.11 Å². The van der Waals surface area contributed by atoms with E-state index in [9.17, 15) is 0 Å². The number of quaternary nitrogens is 1. The molecule has 2 heterocycles. The molecule has 0 spiro atoms. The Morgan fingerprint density at radius 3 is 2.00 bits per heavy atom. The molecule has 1 fully saturated rings. The summed E-state index contributed by atoms with van der Waals surface area (Å²) in [6, 6.07) is 28.2.